The maximum atomic E-state index is 13.0. The van der Waals surface area contributed by atoms with Gasteiger partial charge in [0.15, 0.2) is 0 Å². The van der Waals surface area contributed by atoms with Gasteiger partial charge in [-0.25, -0.2) is 0 Å². The van der Waals surface area contributed by atoms with E-state index in [-0.39, 0.29) is 0 Å². The van der Waals surface area contributed by atoms with Gasteiger partial charge in [-0.2, -0.15) is 10.2 Å². The molecule has 3 aliphatic rings. The number of carbonyl (C=O) groups is 1. The van der Waals surface area contributed by atoms with Crippen molar-refractivity contribution in [1.82, 2.24) is 24.9 Å². The molecule has 2 aromatic rings. The number of amides is 1. The first kappa shape index (κ1) is 21.5. The Bertz CT molecular complexity index is 951. The van der Waals surface area contributed by atoms with Gasteiger partial charge in [-0.1, -0.05) is 25.5 Å². The lowest BCUT2D eigenvalue weighted by Crippen LogP contribution is -2.54. The zero-order valence-corrected chi connectivity index (χ0v) is 19.5. The predicted octanol–water partition coefficient (Wildman–Crippen LogP) is 3.14. The monoisotopic (exact) mass is 433 g/mol. The third-order valence-electron chi connectivity index (χ3n) is 7.70. The van der Waals surface area contributed by atoms with Gasteiger partial charge < -0.3 is 4.90 Å². The summed E-state index contributed by atoms with van der Waals surface area (Å²) in [6.07, 6.45) is 5.03. The van der Waals surface area contributed by atoms with Crippen LogP contribution in [0.5, 0.6) is 0 Å². The summed E-state index contributed by atoms with van der Waals surface area (Å²) in [5.41, 5.74) is 5.67. The van der Waals surface area contributed by atoms with Crippen LogP contribution in [0.4, 0.5) is 0 Å². The molecule has 5 rings (SSSR count). The Labute approximate surface area is 191 Å². The molecule has 0 N–H and O–H groups in total. The van der Waals surface area contributed by atoms with E-state index in [2.05, 4.69) is 50.0 Å². The fourth-order valence-electron chi connectivity index (χ4n) is 5.72. The van der Waals surface area contributed by atoms with Crippen molar-refractivity contribution in [2.24, 2.45) is 5.92 Å². The smallest absolute Gasteiger partial charge is 0.236 e. The van der Waals surface area contributed by atoms with Crippen LogP contribution < -0.4 is 0 Å². The van der Waals surface area contributed by atoms with Crippen molar-refractivity contribution >= 4 is 5.91 Å². The second-order valence-electron chi connectivity index (χ2n) is 9.90. The summed E-state index contributed by atoms with van der Waals surface area (Å²) >= 11 is 0. The van der Waals surface area contributed by atoms with Crippen molar-refractivity contribution in [3.8, 4) is 11.3 Å². The van der Waals surface area contributed by atoms with Crippen LogP contribution in [0.2, 0.25) is 0 Å². The molecule has 170 valence electrons. The summed E-state index contributed by atoms with van der Waals surface area (Å²) < 4.78 is 0. The quantitative estimate of drug-likeness (QED) is 0.742. The van der Waals surface area contributed by atoms with Crippen molar-refractivity contribution < 1.29 is 4.79 Å². The fourth-order valence-corrected chi connectivity index (χ4v) is 5.72. The number of carbonyl (C=O) groups excluding carboxylic acids is 1. The van der Waals surface area contributed by atoms with E-state index in [1.807, 2.05) is 19.1 Å². The van der Waals surface area contributed by atoms with Gasteiger partial charge in [0.1, 0.15) is 0 Å². The summed E-state index contributed by atoms with van der Waals surface area (Å²) in [5, 5.41) is 8.51. The van der Waals surface area contributed by atoms with E-state index in [1.165, 1.54) is 30.4 Å². The molecule has 1 aromatic heterocycles. The highest BCUT2D eigenvalue weighted by Crippen LogP contribution is 2.30. The van der Waals surface area contributed by atoms with Crippen LogP contribution in [-0.4, -0.2) is 76.1 Å². The Hall–Kier alpha value is -2.31. The van der Waals surface area contributed by atoms with Gasteiger partial charge in [-0.05, 0) is 61.4 Å². The average Bonchev–Trinajstić information content (AvgIpc) is 3.25. The molecule has 0 spiro atoms. The third kappa shape index (κ3) is 4.57. The molecular formula is C26H35N5O. The summed E-state index contributed by atoms with van der Waals surface area (Å²) in [7, 11) is 0. The van der Waals surface area contributed by atoms with Gasteiger partial charge in [0.25, 0.3) is 0 Å². The van der Waals surface area contributed by atoms with Gasteiger partial charge in [0.2, 0.25) is 5.91 Å². The van der Waals surface area contributed by atoms with Crippen molar-refractivity contribution in [2.45, 2.75) is 52.1 Å². The molecule has 1 saturated heterocycles. The number of hydrogen-bond donors (Lipinski definition) is 0. The number of hydrogen-bond acceptors (Lipinski definition) is 5. The van der Waals surface area contributed by atoms with E-state index < -0.39 is 0 Å². The van der Waals surface area contributed by atoms with Crippen LogP contribution in [0, 0.1) is 12.8 Å². The first-order valence-electron chi connectivity index (χ1n) is 12.2. The Balaban J connectivity index is 1.15. The second kappa shape index (κ2) is 9.28. The molecule has 3 heterocycles. The SMILES string of the molecule is Cc1ccc(-c2ccc3c(c2)CCN(CC(=O)N2CCN(C4CCCC4C)CC2)C3)nn1. The molecule has 6 heteroatoms. The molecule has 2 fully saturated rings. The molecule has 0 bridgehead atoms. The minimum Gasteiger partial charge on any atom is -0.339 e. The number of fused-ring (bicyclic) bond motifs is 1. The van der Waals surface area contributed by atoms with Crippen LogP contribution >= 0.6 is 0 Å². The summed E-state index contributed by atoms with van der Waals surface area (Å²) in [5.74, 6) is 1.10. The van der Waals surface area contributed by atoms with Crippen molar-refractivity contribution in [3.63, 3.8) is 0 Å². The highest BCUT2D eigenvalue weighted by molar-refractivity contribution is 5.78. The molecular weight excluding hydrogens is 398 g/mol. The van der Waals surface area contributed by atoms with Crippen LogP contribution in [0.3, 0.4) is 0 Å². The maximum Gasteiger partial charge on any atom is 0.236 e. The van der Waals surface area contributed by atoms with Gasteiger partial charge in [0.05, 0.1) is 17.9 Å². The molecule has 32 heavy (non-hydrogen) atoms. The topological polar surface area (TPSA) is 52.6 Å². The Morgan fingerprint density at radius 2 is 1.84 bits per heavy atom. The van der Waals surface area contributed by atoms with Gasteiger partial charge in [-0.3, -0.25) is 14.6 Å². The first-order valence-corrected chi connectivity index (χ1v) is 12.2. The van der Waals surface area contributed by atoms with Crippen molar-refractivity contribution in [2.75, 3.05) is 39.3 Å². The number of aryl methyl sites for hydroxylation is 1. The van der Waals surface area contributed by atoms with E-state index in [4.69, 9.17) is 0 Å². The molecule has 1 saturated carbocycles. The van der Waals surface area contributed by atoms with Gasteiger partial charge in [-0.15, -0.1) is 0 Å². The normalized spacial score (nSPS) is 24.5. The number of piperazine rings is 1. The van der Waals surface area contributed by atoms with E-state index >= 15 is 0 Å². The second-order valence-corrected chi connectivity index (χ2v) is 9.90. The van der Waals surface area contributed by atoms with E-state index in [0.29, 0.717) is 12.5 Å². The summed E-state index contributed by atoms with van der Waals surface area (Å²) in [6, 6.07) is 11.4. The largest absolute Gasteiger partial charge is 0.339 e. The minimum absolute atomic E-state index is 0.291. The Morgan fingerprint density at radius 3 is 2.56 bits per heavy atom. The first-order chi connectivity index (χ1) is 15.6. The zero-order chi connectivity index (χ0) is 22.1. The fraction of sp³-hybridized carbons (Fsp3) is 0.577. The van der Waals surface area contributed by atoms with Crippen LogP contribution in [-0.2, 0) is 17.8 Å². The molecule has 6 nitrogen and oxygen atoms in total. The molecule has 1 aliphatic carbocycles. The molecule has 1 amide bonds. The molecule has 2 atom stereocenters. The van der Waals surface area contributed by atoms with Gasteiger partial charge >= 0.3 is 0 Å². The molecule has 1 aromatic carbocycles. The lowest BCUT2D eigenvalue weighted by Gasteiger charge is -2.40. The van der Waals surface area contributed by atoms with Gasteiger partial charge in [0, 0.05) is 50.9 Å². The minimum atomic E-state index is 0.291. The average molecular weight is 434 g/mol. The van der Waals surface area contributed by atoms with Crippen LogP contribution in [0.25, 0.3) is 11.3 Å². The summed E-state index contributed by atoms with van der Waals surface area (Å²) in [6.45, 7) is 10.5. The number of nitrogens with zero attached hydrogens (tertiary/aromatic N) is 5. The lowest BCUT2D eigenvalue weighted by atomic mass is 9.96. The van der Waals surface area contributed by atoms with E-state index in [1.54, 1.807) is 0 Å². The molecule has 2 aliphatic heterocycles. The standard InChI is InChI=1S/C26H35N5O/c1-19-4-3-5-25(19)30-12-14-31(15-13-30)26(32)18-29-11-10-21-16-22(7-8-23(21)17-29)24-9-6-20(2)27-28-24/h6-9,16,19,25H,3-5,10-15,17-18H2,1-2H3. The molecule has 2 unspecified atom stereocenters. The number of benzene rings is 1. The summed E-state index contributed by atoms with van der Waals surface area (Å²) in [4.78, 5) is 20.0. The third-order valence-corrected chi connectivity index (χ3v) is 7.70. The van der Waals surface area contributed by atoms with Crippen LogP contribution in [0.1, 0.15) is 43.0 Å². The van der Waals surface area contributed by atoms with Crippen molar-refractivity contribution in [3.05, 3.63) is 47.2 Å². The zero-order valence-electron chi connectivity index (χ0n) is 19.5. The van der Waals surface area contributed by atoms with E-state index in [0.717, 1.165) is 74.6 Å². The Kier molecular flexibility index (Phi) is 6.24. The maximum absolute atomic E-state index is 13.0. The van der Waals surface area contributed by atoms with Crippen molar-refractivity contribution in [1.29, 1.82) is 0 Å². The Morgan fingerprint density at radius 1 is 1.00 bits per heavy atom. The predicted molar refractivity (Wildman–Crippen MR) is 126 cm³/mol. The number of rotatable bonds is 4. The molecule has 0 radical (unpaired) electrons. The highest BCUT2D eigenvalue weighted by Gasteiger charge is 2.32. The lowest BCUT2D eigenvalue weighted by molar-refractivity contribution is -0.134. The van der Waals surface area contributed by atoms with Crippen LogP contribution in [0.15, 0.2) is 30.3 Å². The van der Waals surface area contributed by atoms with E-state index in [9.17, 15) is 4.79 Å². The highest BCUT2D eigenvalue weighted by atomic mass is 16.2. The number of aromatic nitrogens is 2.